The van der Waals surface area contributed by atoms with Crippen molar-refractivity contribution in [3.63, 3.8) is 0 Å². The third kappa shape index (κ3) is 3.59. The molecule has 8 heteroatoms. The number of fused-ring (bicyclic) bond motifs is 3. The minimum absolute atomic E-state index is 0.0893. The highest BCUT2D eigenvalue weighted by Crippen LogP contribution is 2.42. The predicted octanol–water partition coefficient (Wildman–Crippen LogP) is 4.78. The molecule has 0 saturated carbocycles. The molecule has 1 amide bonds. The van der Waals surface area contributed by atoms with Crippen molar-refractivity contribution in [2.24, 2.45) is 0 Å². The van der Waals surface area contributed by atoms with Crippen molar-refractivity contribution in [2.75, 3.05) is 19.1 Å². The topological polar surface area (TPSA) is 94.7 Å². The van der Waals surface area contributed by atoms with E-state index in [0.717, 1.165) is 44.4 Å². The Labute approximate surface area is 182 Å². The Morgan fingerprint density at radius 3 is 2.61 bits per heavy atom. The number of benzene rings is 2. The van der Waals surface area contributed by atoms with Crippen LogP contribution in [0.5, 0.6) is 5.75 Å². The van der Waals surface area contributed by atoms with Gasteiger partial charge in [-0.15, -0.1) is 11.3 Å². The summed E-state index contributed by atoms with van der Waals surface area (Å²) >= 11 is 1.42. The van der Waals surface area contributed by atoms with Crippen molar-refractivity contribution >= 4 is 44.1 Å². The summed E-state index contributed by atoms with van der Waals surface area (Å²) in [7, 11) is 3.47. The number of anilines is 1. The summed E-state index contributed by atoms with van der Waals surface area (Å²) in [5.74, 6) is 0.728. The average molecular weight is 438 g/mol. The van der Waals surface area contributed by atoms with Crippen LogP contribution in [0.2, 0.25) is 0 Å². The first kappa shape index (κ1) is 20.7. The lowest BCUT2D eigenvalue weighted by molar-refractivity contribution is 0.190. The number of hydrogen-bond donors (Lipinski definition) is 3. The molecule has 0 bridgehead atoms. The lowest BCUT2D eigenvalue weighted by Crippen LogP contribution is -2.43. The Balaban J connectivity index is 1.90. The van der Waals surface area contributed by atoms with Crippen molar-refractivity contribution in [2.45, 2.75) is 20.0 Å². The quantitative estimate of drug-likeness (QED) is 0.391. The first-order valence-corrected chi connectivity index (χ1v) is 10.6. The Bertz CT molecular complexity index is 1340. The van der Waals surface area contributed by atoms with Crippen molar-refractivity contribution in [1.82, 2.24) is 10.3 Å². The van der Waals surface area contributed by atoms with Gasteiger partial charge in [0.05, 0.1) is 12.6 Å². The van der Waals surface area contributed by atoms with Crippen LogP contribution in [0, 0.1) is 6.92 Å². The molecule has 0 radical (unpaired) electrons. The molecule has 2 heterocycles. The molecule has 2 aromatic heterocycles. The van der Waals surface area contributed by atoms with Gasteiger partial charge in [0.15, 0.2) is 0 Å². The van der Waals surface area contributed by atoms with Crippen LogP contribution in [-0.2, 0) is 0 Å². The van der Waals surface area contributed by atoms with E-state index in [1.54, 1.807) is 14.0 Å². The van der Waals surface area contributed by atoms with Crippen molar-refractivity contribution in [1.29, 1.82) is 0 Å². The normalized spacial score (nSPS) is 12.1. The van der Waals surface area contributed by atoms with Gasteiger partial charge in [0, 0.05) is 29.1 Å². The van der Waals surface area contributed by atoms with Crippen LogP contribution in [0.3, 0.4) is 0 Å². The molecular formula is C23H23N3O4S. The monoisotopic (exact) mass is 437 g/mol. The number of H-pyrrole nitrogens is 1. The van der Waals surface area contributed by atoms with Gasteiger partial charge in [-0.2, -0.15) is 0 Å². The Hall–Kier alpha value is -3.52. The van der Waals surface area contributed by atoms with E-state index in [2.05, 4.69) is 10.3 Å². The zero-order valence-corrected chi connectivity index (χ0v) is 18.5. The molecule has 7 nitrogen and oxygen atoms in total. The van der Waals surface area contributed by atoms with Gasteiger partial charge < -0.3 is 25.0 Å². The van der Waals surface area contributed by atoms with Crippen LogP contribution >= 0.6 is 11.3 Å². The van der Waals surface area contributed by atoms with E-state index < -0.39 is 6.09 Å². The highest BCUT2D eigenvalue weighted by molar-refractivity contribution is 7.17. The van der Waals surface area contributed by atoms with Gasteiger partial charge in [0.25, 0.3) is 5.56 Å². The number of amides is 1. The number of rotatable bonds is 5. The number of pyridine rings is 1. The zero-order valence-electron chi connectivity index (χ0n) is 17.6. The minimum atomic E-state index is -1.07. The lowest BCUT2D eigenvalue weighted by Gasteiger charge is -2.27. The van der Waals surface area contributed by atoms with Crippen LogP contribution in [0.25, 0.3) is 32.1 Å². The number of carbonyl (C=O) groups is 1. The van der Waals surface area contributed by atoms with Crippen molar-refractivity contribution in [3.8, 4) is 16.9 Å². The summed E-state index contributed by atoms with van der Waals surface area (Å²) in [4.78, 5) is 28.4. The summed E-state index contributed by atoms with van der Waals surface area (Å²) in [6, 6.07) is 11.8. The van der Waals surface area contributed by atoms with Gasteiger partial charge in [0.1, 0.15) is 16.6 Å². The SMILES string of the molecule is COc1cc(C)c2[nH]c(=O)c3sccc3c2c1-c1ccc(N(C)C(C)NC(=O)O)cc1. The van der Waals surface area contributed by atoms with E-state index in [9.17, 15) is 9.59 Å². The number of aromatic nitrogens is 1. The number of aryl methyl sites for hydroxylation is 1. The predicted molar refractivity (Wildman–Crippen MR) is 126 cm³/mol. The molecule has 0 aliphatic heterocycles. The van der Waals surface area contributed by atoms with Crippen LogP contribution in [0.4, 0.5) is 10.5 Å². The van der Waals surface area contributed by atoms with Gasteiger partial charge in [-0.3, -0.25) is 4.79 Å². The molecule has 4 aromatic rings. The van der Waals surface area contributed by atoms with Crippen LogP contribution in [0.1, 0.15) is 12.5 Å². The smallest absolute Gasteiger partial charge is 0.406 e. The molecule has 31 heavy (non-hydrogen) atoms. The maximum Gasteiger partial charge on any atom is 0.406 e. The molecule has 0 aliphatic carbocycles. The summed E-state index contributed by atoms with van der Waals surface area (Å²) < 4.78 is 6.42. The molecule has 0 saturated heterocycles. The number of thiophene rings is 1. The fourth-order valence-electron chi connectivity index (χ4n) is 3.88. The molecule has 0 fully saturated rings. The third-order valence-electron chi connectivity index (χ3n) is 5.56. The molecule has 160 valence electrons. The second kappa shape index (κ2) is 7.96. The molecule has 1 atom stereocenters. The Morgan fingerprint density at radius 1 is 1.26 bits per heavy atom. The molecule has 4 rings (SSSR count). The lowest BCUT2D eigenvalue weighted by atomic mass is 9.95. The Kier molecular flexibility index (Phi) is 5.32. The molecule has 1 unspecified atom stereocenters. The first-order valence-electron chi connectivity index (χ1n) is 9.75. The van der Waals surface area contributed by atoms with Crippen LogP contribution in [-0.4, -0.2) is 36.5 Å². The number of nitrogens with zero attached hydrogens (tertiary/aromatic N) is 1. The number of aromatic amines is 1. The van der Waals surface area contributed by atoms with Crippen molar-refractivity contribution < 1.29 is 14.6 Å². The molecular weight excluding hydrogens is 414 g/mol. The minimum Gasteiger partial charge on any atom is -0.496 e. The van der Waals surface area contributed by atoms with E-state index in [1.807, 2.05) is 60.6 Å². The highest BCUT2D eigenvalue weighted by atomic mass is 32.1. The molecule has 2 aromatic carbocycles. The van der Waals surface area contributed by atoms with Crippen molar-refractivity contribution in [3.05, 3.63) is 57.7 Å². The largest absolute Gasteiger partial charge is 0.496 e. The van der Waals surface area contributed by atoms with E-state index in [-0.39, 0.29) is 11.7 Å². The second-order valence-electron chi connectivity index (χ2n) is 7.42. The number of ether oxygens (including phenoxy) is 1. The van der Waals surface area contributed by atoms with Gasteiger partial charge >= 0.3 is 6.09 Å². The standard InChI is InChI=1S/C23H23N3O4S/c1-12-11-17(30-4)18(19-16-9-10-31-21(16)22(27)25-20(12)19)14-5-7-15(8-6-14)26(3)13(2)24-23(28)29/h5-11,13,24H,1-4H3,(H,25,27)(H,28,29). The molecule has 0 aliphatic rings. The second-order valence-corrected chi connectivity index (χ2v) is 8.34. The first-order chi connectivity index (χ1) is 14.8. The maximum atomic E-state index is 12.5. The molecule has 0 spiro atoms. The third-order valence-corrected chi connectivity index (χ3v) is 6.48. The van der Waals surface area contributed by atoms with Gasteiger partial charge in [0.2, 0.25) is 0 Å². The molecule has 3 N–H and O–H groups in total. The average Bonchev–Trinajstić information content (AvgIpc) is 3.24. The van der Waals surface area contributed by atoms with Gasteiger partial charge in [-0.05, 0) is 54.6 Å². The van der Waals surface area contributed by atoms with Crippen LogP contribution < -0.4 is 20.5 Å². The fourth-order valence-corrected chi connectivity index (χ4v) is 4.67. The zero-order chi connectivity index (χ0) is 22.3. The number of nitrogens with one attached hydrogen (secondary N) is 2. The van der Waals surface area contributed by atoms with E-state index >= 15 is 0 Å². The number of carboxylic acid groups (broad SMARTS) is 1. The number of hydrogen-bond acceptors (Lipinski definition) is 5. The summed E-state index contributed by atoms with van der Waals surface area (Å²) in [5, 5.41) is 15.2. The van der Waals surface area contributed by atoms with Crippen LogP contribution in [0.15, 0.2) is 46.6 Å². The van der Waals surface area contributed by atoms with E-state index in [4.69, 9.17) is 9.84 Å². The van der Waals surface area contributed by atoms with E-state index in [1.165, 1.54) is 11.3 Å². The maximum absolute atomic E-state index is 12.5. The highest BCUT2D eigenvalue weighted by Gasteiger charge is 2.19. The summed E-state index contributed by atoms with van der Waals surface area (Å²) in [5.41, 5.74) is 4.37. The summed E-state index contributed by atoms with van der Waals surface area (Å²) in [6.45, 7) is 3.74. The van der Waals surface area contributed by atoms with Gasteiger partial charge in [-0.25, -0.2) is 4.79 Å². The summed E-state index contributed by atoms with van der Waals surface area (Å²) in [6.07, 6.45) is -1.45. The number of methoxy groups -OCH3 is 1. The van der Waals surface area contributed by atoms with Gasteiger partial charge in [-0.1, -0.05) is 12.1 Å². The van der Waals surface area contributed by atoms with E-state index in [0.29, 0.717) is 4.70 Å². The fraction of sp³-hybridized carbons (Fsp3) is 0.217. The Morgan fingerprint density at radius 2 is 1.97 bits per heavy atom.